The number of ether oxygens (including phenoxy) is 1. The molecule has 9 heavy (non-hydrogen) atoms. The molecule has 0 saturated carbocycles. The summed E-state index contributed by atoms with van der Waals surface area (Å²) in [5.74, 6) is 0. The van der Waals surface area contributed by atoms with E-state index in [-0.39, 0.29) is 0 Å². The summed E-state index contributed by atoms with van der Waals surface area (Å²) in [7, 11) is 1.31. The van der Waals surface area contributed by atoms with E-state index in [0.717, 1.165) is 0 Å². The predicted octanol–water partition coefficient (Wildman–Crippen LogP) is 1.01. The van der Waals surface area contributed by atoms with Gasteiger partial charge in [0.25, 0.3) is 12.9 Å². The van der Waals surface area contributed by atoms with Crippen molar-refractivity contribution in [3.05, 3.63) is 0 Å². The number of rotatable bonds is 2. The van der Waals surface area contributed by atoms with Crippen molar-refractivity contribution in [2.24, 2.45) is 0 Å². The van der Waals surface area contributed by atoms with Gasteiger partial charge in [0.05, 0.1) is 7.11 Å². The van der Waals surface area contributed by atoms with E-state index in [9.17, 15) is 13.2 Å². The van der Waals surface area contributed by atoms with Crippen LogP contribution in [-0.4, -0.2) is 26.7 Å². The molecule has 0 N–H and O–H groups in total. The van der Waals surface area contributed by atoms with Gasteiger partial charge in [-0.15, -0.1) is 0 Å². The Kier molecular flexibility index (Phi) is 12.7. The third-order valence-electron chi connectivity index (χ3n) is 0.213. The number of methoxy groups -OCH3 is 1. The lowest BCUT2D eigenvalue weighted by Gasteiger charge is -1.78. The Bertz CT molecular complexity index is 57.8. The maximum absolute atomic E-state index is 10.4. The fourth-order valence-electron chi connectivity index (χ4n) is 0. The standard InChI is InChI=1S/C2H3F3.C2H4O2/c3-1-2(4)5;1-4-2-3/h2H,1H2;2H,1H3. The largest absolute Gasteiger partial charge is 0.471 e. The average molecular weight is 144 g/mol. The Morgan fingerprint density at radius 3 is 1.89 bits per heavy atom. The second kappa shape index (κ2) is 10.3. The van der Waals surface area contributed by atoms with Crippen LogP contribution in [-0.2, 0) is 9.53 Å². The monoisotopic (exact) mass is 144 g/mol. The number of hydrogen-bond acceptors (Lipinski definition) is 2. The number of alkyl halides is 3. The van der Waals surface area contributed by atoms with Crippen LogP contribution in [0.3, 0.4) is 0 Å². The Balaban J connectivity index is 0. The smallest absolute Gasteiger partial charge is 0.292 e. The van der Waals surface area contributed by atoms with E-state index in [1.165, 1.54) is 7.11 Å². The van der Waals surface area contributed by atoms with Crippen LogP contribution in [0.15, 0.2) is 0 Å². The van der Waals surface area contributed by atoms with Gasteiger partial charge in [-0.3, -0.25) is 4.79 Å². The molecule has 0 aromatic rings. The molecule has 0 heterocycles. The molecule has 0 unspecified atom stereocenters. The molecule has 0 amide bonds. The van der Waals surface area contributed by atoms with Crippen LogP contribution in [0.1, 0.15) is 0 Å². The summed E-state index contributed by atoms with van der Waals surface area (Å²) in [4.78, 5) is 8.95. The zero-order chi connectivity index (χ0) is 7.70. The number of halogens is 3. The maximum atomic E-state index is 10.4. The first kappa shape index (κ1) is 11.1. The van der Waals surface area contributed by atoms with Crippen LogP contribution in [0.4, 0.5) is 13.2 Å². The highest BCUT2D eigenvalue weighted by molar-refractivity contribution is 5.36. The molecule has 0 aliphatic heterocycles. The Morgan fingerprint density at radius 2 is 1.89 bits per heavy atom. The van der Waals surface area contributed by atoms with Crippen molar-refractivity contribution in [3.8, 4) is 0 Å². The zero-order valence-electron chi connectivity index (χ0n) is 4.81. The number of carbonyl (C=O) groups excluding carboxylic acids is 1. The summed E-state index contributed by atoms with van der Waals surface area (Å²) >= 11 is 0. The van der Waals surface area contributed by atoms with Gasteiger partial charge in [-0.05, 0) is 0 Å². The van der Waals surface area contributed by atoms with Gasteiger partial charge in [0.15, 0.2) is 6.67 Å². The van der Waals surface area contributed by atoms with E-state index in [4.69, 9.17) is 4.79 Å². The molecule has 2 nitrogen and oxygen atoms in total. The van der Waals surface area contributed by atoms with Crippen LogP contribution in [0.5, 0.6) is 0 Å². The van der Waals surface area contributed by atoms with Gasteiger partial charge in [-0.25, -0.2) is 13.2 Å². The highest BCUT2D eigenvalue weighted by Gasteiger charge is 1.95. The molecule has 0 rings (SSSR count). The molecule has 0 atom stereocenters. The Labute approximate surface area is 50.6 Å². The van der Waals surface area contributed by atoms with Crippen LogP contribution in [0.2, 0.25) is 0 Å². The van der Waals surface area contributed by atoms with Crippen LogP contribution in [0.25, 0.3) is 0 Å². The van der Waals surface area contributed by atoms with Gasteiger partial charge < -0.3 is 4.74 Å². The van der Waals surface area contributed by atoms with Crippen molar-refractivity contribution in [1.82, 2.24) is 0 Å². The fourth-order valence-corrected chi connectivity index (χ4v) is 0. The Hall–Kier alpha value is -0.740. The highest BCUT2D eigenvalue weighted by Crippen LogP contribution is 1.88. The molecule has 0 fully saturated rings. The summed E-state index contributed by atoms with van der Waals surface area (Å²) in [6, 6.07) is 0. The molecule has 5 heteroatoms. The molecule has 0 aromatic heterocycles. The number of hydrogen-bond donors (Lipinski definition) is 0. The number of carbonyl (C=O) groups is 1. The van der Waals surface area contributed by atoms with Crippen LogP contribution in [0, 0.1) is 0 Å². The van der Waals surface area contributed by atoms with Crippen molar-refractivity contribution in [2.45, 2.75) is 6.43 Å². The maximum Gasteiger partial charge on any atom is 0.292 e. The minimum Gasteiger partial charge on any atom is -0.471 e. The van der Waals surface area contributed by atoms with Crippen molar-refractivity contribution in [3.63, 3.8) is 0 Å². The van der Waals surface area contributed by atoms with Gasteiger partial charge in [-0.2, -0.15) is 0 Å². The van der Waals surface area contributed by atoms with Gasteiger partial charge in [-0.1, -0.05) is 0 Å². The molecular formula is C4H7F3O2. The second-order valence-electron chi connectivity index (χ2n) is 0.877. The molecular weight excluding hydrogens is 137 g/mol. The molecule has 0 saturated heterocycles. The van der Waals surface area contributed by atoms with Crippen molar-refractivity contribution in [1.29, 1.82) is 0 Å². The minimum atomic E-state index is -2.78. The van der Waals surface area contributed by atoms with E-state index in [1.54, 1.807) is 0 Å². The SMILES string of the molecule is COC=O.FCC(F)F. The van der Waals surface area contributed by atoms with E-state index in [1.807, 2.05) is 0 Å². The summed E-state index contributed by atoms with van der Waals surface area (Å²) < 4.78 is 35.0. The quantitative estimate of drug-likeness (QED) is 0.540. The van der Waals surface area contributed by atoms with E-state index in [2.05, 4.69) is 4.74 Å². The van der Waals surface area contributed by atoms with E-state index >= 15 is 0 Å². The Morgan fingerprint density at radius 1 is 1.67 bits per heavy atom. The van der Waals surface area contributed by atoms with E-state index < -0.39 is 13.1 Å². The summed E-state index contributed by atoms with van der Waals surface area (Å²) in [5.41, 5.74) is 0. The molecule has 0 aliphatic carbocycles. The lowest BCUT2D eigenvalue weighted by atomic mass is 10.8. The van der Waals surface area contributed by atoms with Crippen LogP contribution >= 0.6 is 0 Å². The highest BCUT2D eigenvalue weighted by atomic mass is 19.3. The summed E-state index contributed by atoms with van der Waals surface area (Å²) in [6.07, 6.45) is -2.78. The van der Waals surface area contributed by atoms with Crippen molar-refractivity contribution in [2.75, 3.05) is 13.8 Å². The normalized spacial score (nSPS) is 7.67. The zero-order valence-corrected chi connectivity index (χ0v) is 4.81. The molecule has 0 aromatic carbocycles. The molecule has 0 bridgehead atoms. The van der Waals surface area contributed by atoms with Gasteiger partial charge in [0.1, 0.15) is 0 Å². The first-order chi connectivity index (χ1) is 4.18. The topological polar surface area (TPSA) is 26.3 Å². The lowest BCUT2D eigenvalue weighted by molar-refractivity contribution is -0.126. The molecule has 0 aliphatic rings. The first-order valence-electron chi connectivity index (χ1n) is 1.99. The van der Waals surface area contributed by atoms with Crippen LogP contribution < -0.4 is 0 Å². The second-order valence-corrected chi connectivity index (χ2v) is 0.877. The third-order valence-corrected chi connectivity index (χ3v) is 0.213. The summed E-state index contributed by atoms with van der Waals surface area (Å²) in [6.45, 7) is -1.15. The van der Waals surface area contributed by atoms with Crippen molar-refractivity contribution >= 4 is 6.47 Å². The molecule has 0 spiro atoms. The molecule has 56 valence electrons. The van der Waals surface area contributed by atoms with E-state index in [0.29, 0.717) is 6.47 Å². The van der Waals surface area contributed by atoms with Gasteiger partial charge >= 0.3 is 0 Å². The third kappa shape index (κ3) is 39.3. The average Bonchev–Trinajstić information content (AvgIpc) is 1.89. The van der Waals surface area contributed by atoms with Gasteiger partial charge in [0, 0.05) is 0 Å². The van der Waals surface area contributed by atoms with Gasteiger partial charge in [0.2, 0.25) is 0 Å². The summed E-state index contributed by atoms with van der Waals surface area (Å²) in [5, 5.41) is 0. The lowest BCUT2D eigenvalue weighted by Crippen LogP contribution is -1.88. The predicted molar refractivity (Wildman–Crippen MR) is 25.1 cm³/mol. The minimum absolute atomic E-state index is 0.375. The molecule has 0 radical (unpaired) electrons. The first-order valence-corrected chi connectivity index (χ1v) is 1.99. The fraction of sp³-hybridized carbons (Fsp3) is 0.750. The van der Waals surface area contributed by atoms with Crippen molar-refractivity contribution < 1.29 is 22.7 Å².